The van der Waals surface area contributed by atoms with E-state index in [1.54, 1.807) is 0 Å². The maximum Gasteiger partial charge on any atom is 0.157 e. The Morgan fingerprint density at radius 1 is 1.29 bits per heavy atom. The van der Waals surface area contributed by atoms with E-state index in [0.29, 0.717) is 12.0 Å². The standard InChI is InChI=1S/C15H21Br2ClO3/c1-7-10(19)11(20)15(17)12(2,3)14(7)5-8(16)13(4,18)6-9(14)21-15/h8-11,19-20H,1,5-6H2,2-4H3/t8-,9+,10-,11+,13-,14-,15-/m0/s1. The number of aliphatic hydroxyl groups is 2. The summed E-state index contributed by atoms with van der Waals surface area (Å²) in [5.41, 5.74) is -0.175. The molecule has 0 amide bonds. The summed E-state index contributed by atoms with van der Waals surface area (Å²) in [6, 6.07) is 0. The average Bonchev–Trinajstić information content (AvgIpc) is 2.50. The molecule has 6 heteroatoms. The van der Waals surface area contributed by atoms with Crippen LogP contribution in [0, 0.1) is 10.8 Å². The van der Waals surface area contributed by atoms with Gasteiger partial charge in [0.2, 0.25) is 0 Å². The third-order valence-corrected chi connectivity index (χ3v) is 9.84. The van der Waals surface area contributed by atoms with Gasteiger partial charge in [0.05, 0.1) is 11.0 Å². The molecule has 0 aromatic rings. The number of alkyl halides is 3. The van der Waals surface area contributed by atoms with Crippen molar-refractivity contribution in [2.24, 2.45) is 10.8 Å². The third-order valence-electron chi connectivity index (χ3n) is 6.18. The molecule has 1 saturated heterocycles. The smallest absolute Gasteiger partial charge is 0.157 e. The van der Waals surface area contributed by atoms with Crippen LogP contribution in [0.15, 0.2) is 12.2 Å². The maximum absolute atomic E-state index is 10.5. The Labute approximate surface area is 147 Å². The van der Waals surface area contributed by atoms with Crippen molar-refractivity contribution in [3.05, 3.63) is 12.2 Å². The highest BCUT2D eigenvalue weighted by molar-refractivity contribution is 9.10. The number of aliphatic hydroxyl groups excluding tert-OH is 2. The first-order valence-electron chi connectivity index (χ1n) is 7.17. The highest BCUT2D eigenvalue weighted by Crippen LogP contribution is 2.73. The Bertz CT molecular complexity index is 509. The molecule has 0 radical (unpaired) electrons. The van der Waals surface area contributed by atoms with Gasteiger partial charge in [0, 0.05) is 15.7 Å². The van der Waals surface area contributed by atoms with E-state index < -0.39 is 32.4 Å². The van der Waals surface area contributed by atoms with Crippen molar-refractivity contribution in [2.75, 3.05) is 0 Å². The highest BCUT2D eigenvalue weighted by atomic mass is 79.9. The summed E-state index contributed by atoms with van der Waals surface area (Å²) in [4.78, 5) is -0.344. The van der Waals surface area contributed by atoms with E-state index in [1.165, 1.54) is 0 Å². The molecule has 2 N–H and O–H groups in total. The fraction of sp³-hybridized carbons (Fsp3) is 0.867. The van der Waals surface area contributed by atoms with E-state index >= 15 is 0 Å². The molecule has 2 aliphatic carbocycles. The second kappa shape index (κ2) is 4.48. The molecule has 2 bridgehead atoms. The minimum atomic E-state index is -1.05. The Kier molecular flexibility index (Phi) is 3.57. The van der Waals surface area contributed by atoms with Crippen LogP contribution < -0.4 is 0 Å². The molecule has 0 aromatic carbocycles. The molecule has 120 valence electrons. The molecular formula is C15H21Br2ClO3. The van der Waals surface area contributed by atoms with E-state index in [-0.39, 0.29) is 10.9 Å². The lowest BCUT2D eigenvalue weighted by Crippen LogP contribution is -2.64. The van der Waals surface area contributed by atoms with Crippen molar-refractivity contribution in [3.63, 3.8) is 0 Å². The van der Waals surface area contributed by atoms with Crippen LogP contribution in [0.5, 0.6) is 0 Å². The summed E-state index contributed by atoms with van der Waals surface area (Å²) in [5.74, 6) is 0. The molecule has 0 unspecified atom stereocenters. The molecule has 3 rings (SSSR count). The van der Waals surface area contributed by atoms with Crippen LogP contribution in [0.1, 0.15) is 33.6 Å². The number of fused-ring (bicyclic) bond motifs is 1. The van der Waals surface area contributed by atoms with Gasteiger partial charge >= 0.3 is 0 Å². The zero-order valence-corrected chi connectivity index (χ0v) is 16.3. The van der Waals surface area contributed by atoms with Gasteiger partial charge in [-0.1, -0.05) is 52.3 Å². The molecule has 2 saturated carbocycles. The lowest BCUT2D eigenvalue weighted by Gasteiger charge is -2.58. The van der Waals surface area contributed by atoms with Gasteiger partial charge in [-0.25, -0.2) is 0 Å². The third kappa shape index (κ3) is 1.71. The fourth-order valence-electron chi connectivity index (χ4n) is 4.59. The number of halogens is 3. The van der Waals surface area contributed by atoms with Gasteiger partial charge in [-0.05, 0) is 25.3 Å². The van der Waals surface area contributed by atoms with E-state index in [4.69, 9.17) is 16.3 Å². The first kappa shape index (κ1) is 16.7. The molecule has 1 aliphatic heterocycles. The van der Waals surface area contributed by atoms with Crippen LogP contribution in [0.4, 0.5) is 0 Å². The van der Waals surface area contributed by atoms with E-state index in [2.05, 4.69) is 52.3 Å². The van der Waals surface area contributed by atoms with Crippen LogP contribution in [0.25, 0.3) is 0 Å². The summed E-state index contributed by atoms with van der Waals surface area (Å²) in [6.07, 6.45) is -0.865. The molecule has 1 spiro atoms. The minimum Gasteiger partial charge on any atom is -0.386 e. The quantitative estimate of drug-likeness (QED) is 0.445. The van der Waals surface area contributed by atoms with Crippen LogP contribution in [0.2, 0.25) is 0 Å². The lowest BCUT2D eigenvalue weighted by molar-refractivity contribution is -0.126. The number of hydrogen-bond donors (Lipinski definition) is 2. The van der Waals surface area contributed by atoms with E-state index in [1.807, 2.05) is 6.92 Å². The Morgan fingerprint density at radius 3 is 2.43 bits per heavy atom. The van der Waals surface area contributed by atoms with Crippen molar-refractivity contribution in [1.29, 1.82) is 0 Å². The second-order valence-electron chi connectivity index (χ2n) is 7.42. The molecule has 3 nitrogen and oxygen atoms in total. The largest absolute Gasteiger partial charge is 0.386 e. The Hall–Kier alpha value is 0.870. The van der Waals surface area contributed by atoms with Crippen LogP contribution in [-0.2, 0) is 4.74 Å². The normalized spacial score (nSPS) is 59.0. The Morgan fingerprint density at radius 2 is 1.86 bits per heavy atom. The van der Waals surface area contributed by atoms with Gasteiger partial charge in [-0.2, -0.15) is 0 Å². The first-order chi connectivity index (χ1) is 9.42. The van der Waals surface area contributed by atoms with Crippen LogP contribution in [0.3, 0.4) is 0 Å². The molecule has 0 aromatic heterocycles. The average molecular weight is 445 g/mol. The summed E-state index contributed by atoms with van der Waals surface area (Å²) >= 11 is 14.0. The summed E-state index contributed by atoms with van der Waals surface area (Å²) in [7, 11) is 0. The maximum atomic E-state index is 10.5. The summed E-state index contributed by atoms with van der Waals surface area (Å²) < 4.78 is 5.27. The predicted octanol–water partition coefficient (Wildman–Crippen LogP) is 3.34. The Balaban J connectivity index is 2.19. The zero-order chi connectivity index (χ0) is 16.0. The SMILES string of the molecule is C=C1[C@H](O)[C@@H](O)[C@]2(Br)O[C@@H]3C[C@](C)(Cl)[C@@H](Br)C[C@]13C2(C)C. The summed E-state index contributed by atoms with van der Waals surface area (Å²) in [6.45, 7) is 10.3. The molecule has 3 fully saturated rings. The van der Waals surface area contributed by atoms with Crippen molar-refractivity contribution in [3.8, 4) is 0 Å². The fourth-order valence-corrected chi connectivity index (χ4v) is 6.33. The van der Waals surface area contributed by atoms with Crippen molar-refractivity contribution in [2.45, 2.75) is 66.1 Å². The predicted molar refractivity (Wildman–Crippen MR) is 90.1 cm³/mol. The molecule has 7 atom stereocenters. The van der Waals surface area contributed by atoms with Gasteiger partial charge in [-0.15, -0.1) is 11.6 Å². The van der Waals surface area contributed by atoms with Gasteiger partial charge < -0.3 is 14.9 Å². The lowest BCUT2D eigenvalue weighted by atomic mass is 9.48. The minimum absolute atomic E-state index is 0.0832. The van der Waals surface area contributed by atoms with Gasteiger partial charge in [0.15, 0.2) is 4.51 Å². The first-order valence-corrected chi connectivity index (χ1v) is 9.25. The number of ether oxygens (including phenoxy) is 1. The second-order valence-corrected chi connectivity index (χ2v) is 10.6. The zero-order valence-electron chi connectivity index (χ0n) is 12.4. The number of hydrogen-bond acceptors (Lipinski definition) is 3. The van der Waals surface area contributed by atoms with Gasteiger partial charge in [-0.3, -0.25) is 0 Å². The van der Waals surface area contributed by atoms with Crippen LogP contribution in [-0.4, -0.2) is 42.7 Å². The molecule has 1 heterocycles. The topological polar surface area (TPSA) is 49.7 Å². The van der Waals surface area contributed by atoms with Crippen molar-refractivity contribution < 1.29 is 14.9 Å². The molecule has 3 aliphatic rings. The summed E-state index contributed by atoms with van der Waals surface area (Å²) in [5, 5.41) is 21.0. The molecular weight excluding hydrogens is 423 g/mol. The van der Waals surface area contributed by atoms with Gasteiger partial charge in [0.1, 0.15) is 12.2 Å². The monoisotopic (exact) mass is 442 g/mol. The van der Waals surface area contributed by atoms with E-state index in [0.717, 1.165) is 6.42 Å². The highest BCUT2D eigenvalue weighted by Gasteiger charge is 2.77. The van der Waals surface area contributed by atoms with E-state index in [9.17, 15) is 10.2 Å². The van der Waals surface area contributed by atoms with Crippen molar-refractivity contribution in [1.82, 2.24) is 0 Å². The number of rotatable bonds is 0. The molecule has 21 heavy (non-hydrogen) atoms. The van der Waals surface area contributed by atoms with Crippen molar-refractivity contribution >= 4 is 43.5 Å². The van der Waals surface area contributed by atoms with Crippen LogP contribution >= 0.6 is 43.5 Å². The van der Waals surface area contributed by atoms with Gasteiger partial charge in [0.25, 0.3) is 0 Å².